The van der Waals surface area contributed by atoms with Gasteiger partial charge in [-0.05, 0) is 41.5 Å². The van der Waals surface area contributed by atoms with Crippen LogP contribution in [0.25, 0.3) is 5.69 Å². The lowest BCUT2D eigenvalue weighted by Gasteiger charge is -2.24. The highest BCUT2D eigenvalue weighted by atomic mass is 35.5. The first-order chi connectivity index (χ1) is 19.1. The Morgan fingerprint density at radius 1 is 1.15 bits per heavy atom. The topological polar surface area (TPSA) is 80.1 Å². The summed E-state index contributed by atoms with van der Waals surface area (Å²) in [5.41, 5.74) is 3.19. The molecule has 206 valence electrons. The molecule has 0 saturated carbocycles. The molecule has 10 heteroatoms. The maximum absolute atomic E-state index is 14.4. The standard InChI is InChI=1S/C30H29ClFN5O2S/c1-30(2,3)28-26-27(20-9-6-10-21(32)14-20)40-18-25(39)36(17-24(38)34-16-19-8-7-13-33-15-19)29(26)37(35-28)23-12-5-4-11-22(23)31/h4-15,27H,16-18H2,1-3H3,(H,34,38)/t27-/m1/s1. The first kappa shape index (κ1) is 27.9. The number of nitrogens with one attached hydrogen (secondary N) is 1. The first-order valence-electron chi connectivity index (χ1n) is 12.8. The van der Waals surface area contributed by atoms with Gasteiger partial charge in [0.2, 0.25) is 11.8 Å². The highest BCUT2D eigenvalue weighted by molar-refractivity contribution is 8.00. The van der Waals surface area contributed by atoms with E-state index in [1.54, 1.807) is 35.3 Å². The Hall–Kier alpha value is -3.69. The summed E-state index contributed by atoms with van der Waals surface area (Å²) < 4.78 is 16.1. The smallest absolute Gasteiger partial charge is 0.240 e. The van der Waals surface area contributed by atoms with Gasteiger partial charge in [-0.15, -0.1) is 11.8 Å². The van der Waals surface area contributed by atoms with Crippen LogP contribution in [0.5, 0.6) is 0 Å². The van der Waals surface area contributed by atoms with Gasteiger partial charge in [0, 0.05) is 29.9 Å². The Morgan fingerprint density at radius 2 is 1.95 bits per heavy atom. The summed E-state index contributed by atoms with van der Waals surface area (Å²) in [5, 5.41) is 7.95. The number of para-hydroxylation sites is 1. The molecule has 3 heterocycles. The molecule has 40 heavy (non-hydrogen) atoms. The number of amides is 2. The molecule has 1 aliphatic rings. The third-order valence-electron chi connectivity index (χ3n) is 6.55. The van der Waals surface area contributed by atoms with Crippen LogP contribution in [0.2, 0.25) is 5.02 Å². The van der Waals surface area contributed by atoms with Gasteiger partial charge in [-0.1, -0.05) is 62.7 Å². The molecule has 0 fully saturated rings. The molecule has 0 unspecified atom stereocenters. The molecule has 1 N–H and O–H groups in total. The Morgan fingerprint density at radius 3 is 2.65 bits per heavy atom. The fraction of sp³-hybridized carbons (Fsp3) is 0.267. The van der Waals surface area contributed by atoms with Crippen molar-refractivity contribution in [3.05, 3.63) is 106 Å². The van der Waals surface area contributed by atoms with E-state index in [0.717, 1.165) is 16.8 Å². The van der Waals surface area contributed by atoms with E-state index in [4.69, 9.17) is 16.7 Å². The van der Waals surface area contributed by atoms with E-state index in [1.807, 2.05) is 51.1 Å². The number of pyridine rings is 1. The van der Waals surface area contributed by atoms with E-state index in [9.17, 15) is 14.0 Å². The van der Waals surface area contributed by atoms with Crippen molar-refractivity contribution in [1.29, 1.82) is 0 Å². The average Bonchev–Trinajstić information content (AvgIpc) is 3.26. The van der Waals surface area contributed by atoms with Crippen LogP contribution in [-0.2, 0) is 21.5 Å². The summed E-state index contributed by atoms with van der Waals surface area (Å²) in [6, 6.07) is 17.3. The average molecular weight is 578 g/mol. The van der Waals surface area contributed by atoms with E-state index < -0.39 is 10.7 Å². The molecular formula is C30H29ClFN5O2S. The molecule has 2 aromatic heterocycles. The zero-order valence-corrected chi connectivity index (χ0v) is 24.0. The van der Waals surface area contributed by atoms with Crippen LogP contribution in [0.15, 0.2) is 73.1 Å². The van der Waals surface area contributed by atoms with Crippen LogP contribution in [0, 0.1) is 5.82 Å². The van der Waals surface area contributed by atoms with Gasteiger partial charge in [0.1, 0.15) is 18.2 Å². The number of hydrogen-bond donors (Lipinski definition) is 1. The third kappa shape index (κ3) is 5.76. The predicted octanol–water partition coefficient (Wildman–Crippen LogP) is 5.84. The van der Waals surface area contributed by atoms with Gasteiger partial charge in [-0.3, -0.25) is 19.5 Å². The van der Waals surface area contributed by atoms with Crippen LogP contribution in [0.1, 0.15) is 48.4 Å². The van der Waals surface area contributed by atoms with Crippen molar-refractivity contribution in [3.8, 4) is 5.69 Å². The third-order valence-corrected chi connectivity index (χ3v) is 8.12. The Balaban J connectivity index is 1.67. The van der Waals surface area contributed by atoms with Crippen LogP contribution >= 0.6 is 23.4 Å². The Labute approximate surface area is 241 Å². The summed E-state index contributed by atoms with van der Waals surface area (Å²) in [5.74, 6) is -0.397. The number of nitrogens with zero attached hydrogens (tertiary/aromatic N) is 4. The van der Waals surface area contributed by atoms with E-state index in [2.05, 4.69) is 10.3 Å². The van der Waals surface area contributed by atoms with Gasteiger partial charge in [0.25, 0.3) is 0 Å². The van der Waals surface area contributed by atoms with Crippen molar-refractivity contribution in [2.75, 3.05) is 17.2 Å². The van der Waals surface area contributed by atoms with Gasteiger partial charge < -0.3 is 5.32 Å². The molecule has 0 aliphatic carbocycles. The lowest BCUT2D eigenvalue weighted by molar-refractivity contribution is -0.123. The monoisotopic (exact) mass is 577 g/mol. The molecule has 1 aliphatic heterocycles. The Bertz CT molecular complexity index is 1550. The number of anilines is 1. The van der Waals surface area contributed by atoms with Crippen LogP contribution in [-0.4, -0.2) is 38.9 Å². The molecule has 0 saturated heterocycles. The number of fused-ring (bicyclic) bond motifs is 1. The minimum absolute atomic E-state index is 0.0951. The molecule has 2 aromatic carbocycles. The molecule has 0 radical (unpaired) electrons. The quantitative estimate of drug-likeness (QED) is 0.311. The SMILES string of the molecule is CC(C)(C)c1nn(-c2ccccc2Cl)c2c1[C@@H](c1cccc(F)c1)SCC(=O)N2CC(=O)NCc1cccnc1. The second kappa shape index (κ2) is 11.4. The fourth-order valence-electron chi connectivity index (χ4n) is 4.70. The van der Waals surface area contributed by atoms with Crippen molar-refractivity contribution in [1.82, 2.24) is 20.1 Å². The summed E-state index contributed by atoms with van der Waals surface area (Å²) in [6.07, 6.45) is 3.34. The van der Waals surface area contributed by atoms with Crippen LogP contribution in [0.4, 0.5) is 10.2 Å². The van der Waals surface area contributed by atoms with E-state index in [-0.39, 0.29) is 36.5 Å². The molecule has 7 nitrogen and oxygen atoms in total. The summed E-state index contributed by atoms with van der Waals surface area (Å²) in [7, 11) is 0. The Kier molecular flexibility index (Phi) is 7.96. The first-order valence-corrected chi connectivity index (χ1v) is 14.3. The number of halogens is 2. The number of aromatic nitrogens is 3. The van der Waals surface area contributed by atoms with E-state index in [1.165, 1.54) is 28.8 Å². The van der Waals surface area contributed by atoms with Gasteiger partial charge in [-0.2, -0.15) is 5.10 Å². The maximum Gasteiger partial charge on any atom is 0.240 e. The number of rotatable bonds is 6. The minimum Gasteiger partial charge on any atom is -0.350 e. The minimum atomic E-state index is -0.440. The van der Waals surface area contributed by atoms with Crippen molar-refractivity contribution in [3.63, 3.8) is 0 Å². The van der Waals surface area contributed by atoms with Gasteiger partial charge in [-0.25, -0.2) is 9.07 Å². The highest BCUT2D eigenvalue weighted by Gasteiger charge is 2.40. The number of thioether (sulfide) groups is 1. The fourth-order valence-corrected chi connectivity index (χ4v) is 6.10. The second-order valence-corrected chi connectivity index (χ2v) is 12.1. The van der Waals surface area contributed by atoms with Crippen molar-refractivity contribution < 1.29 is 14.0 Å². The molecular weight excluding hydrogens is 549 g/mol. The van der Waals surface area contributed by atoms with Crippen molar-refractivity contribution >= 4 is 41.0 Å². The summed E-state index contributed by atoms with van der Waals surface area (Å²) >= 11 is 8.04. The number of carbonyl (C=O) groups excluding carboxylic acids is 2. The van der Waals surface area contributed by atoms with Crippen molar-refractivity contribution in [2.24, 2.45) is 0 Å². The normalized spacial score (nSPS) is 15.5. The van der Waals surface area contributed by atoms with Crippen LogP contribution in [0.3, 0.4) is 0 Å². The van der Waals surface area contributed by atoms with Gasteiger partial charge >= 0.3 is 0 Å². The zero-order chi connectivity index (χ0) is 28.4. The second-order valence-electron chi connectivity index (χ2n) is 10.6. The lowest BCUT2D eigenvalue weighted by atomic mass is 9.87. The number of hydrogen-bond acceptors (Lipinski definition) is 5. The molecule has 0 bridgehead atoms. The zero-order valence-electron chi connectivity index (χ0n) is 22.4. The number of benzene rings is 2. The van der Waals surface area contributed by atoms with E-state index >= 15 is 0 Å². The summed E-state index contributed by atoms with van der Waals surface area (Å²) in [4.78, 5) is 32.5. The molecule has 0 spiro atoms. The lowest BCUT2D eigenvalue weighted by Crippen LogP contribution is -2.42. The predicted molar refractivity (Wildman–Crippen MR) is 156 cm³/mol. The molecule has 2 amide bonds. The largest absolute Gasteiger partial charge is 0.350 e. The van der Waals surface area contributed by atoms with Crippen molar-refractivity contribution in [2.45, 2.75) is 38.0 Å². The number of carbonyl (C=O) groups is 2. The molecule has 1 atom stereocenters. The molecule has 4 aromatic rings. The summed E-state index contributed by atoms with van der Waals surface area (Å²) in [6.45, 7) is 6.17. The van der Waals surface area contributed by atoms with E-state index in [0.29, 0.717) is 22.1 Å². The maximum atomic E-state index is 14.4. The van der Waals surface area contributed by atoms with Crippen LogP contribution < -0.4 is 10.2 Å². The van der Waals surface area contributed by atoms with Gasteiger partial charge in [0.15, 0.2) is 0 Å². The molecule has 5 rings (SSSR count). The van der Waals surface area contributed by atoms with Gasteiger partial charge in [0.05, 0.1) is 27.4 Å². The highest BCUT2D eigenvalue weighted by Crippen LogP contribution is 2.48.